The average molecular weight is 384 g/mol. The number of hydrogen-bond donors (Lipinski definition) is 2. The number of carbonyl (C=O) groups is 2. The molecule has 150 valence electrons. The molecule has 0 atom stereocenters. The van der Waals surface area contributed by atoms with Gasteiger partial charge in [-0.2, -0.15) is 0 Å². The molecule has 0 saturated carbocycles. The molecule has 2 N–H and O–H groups in total. The van der Waals surface area contributed by atoms with E-state index in [0.29, 0.717) is 49.3 Å². The number of Topliss-reactive ketones (excluding diaryl/α,β-unsaturated/α-hetero) is 1. The average Bonchev–Trinajstić information content (AvgIpc) is 2.68. The predicted octanol–water partition coefficient (Wildman–Crippen LogP) is 3.46. The standard InChI is InChI=1S/C22H28N2O4/c1-3-6-19-20(10-9-18(16(2)25)22(19)27)28-14-5-8-21(26)24-13-11-17-7-4-12-23-15-17/h4,7,9-10,12,15,27H,3,5-6,8,11,13-14H2,1-2H3,(H,24,26). The molecule has 0 spiro atoms. The summed E-state index contributed by atoms with van der Waals surface area (Å²) in [5, 5.41) is 13.2. The summed E-state index contributed by atoms with van der Waals surface area (Å²) in [5.74, 6) is 0.377. The van der Waals surface area contributed by atoms with Crippen molar-refractivity contribution in [3.63, 3.8) is 0 Å². The molecule has 1 aromatic carbocycles. The first-order valence-corrected chi connectivity index (χ1v) is 9.67. The van der Waals surface area contributed by atoms with E-state index in [1.54, 1.807) is 24.5 Å². The summed E-state index contributed by atoms with van der Waals surface area (Å²) in [6.45, 7) is 4.37. The lowest BCUT2D eigenvalue weighted by molar-refractivity contribution is -0.121. The second kappa shape index (κ2) is 11.1. The zero-order valence-corrected chi connectivity index (χ0v) is 16.5. The first-order chi connectivity index (χ1) is 13.5. The van der Waals surface area contributed by atoms with E-state index in [9.17, 15) is 14.7 Å². The summed E-state index contributed by atoms with van der Waals surface area (Å²) in [6.07, 6.45) is 6.65. The molecule has 1 heterocycles. The number of nitrogens with zero attached hydrogens (tertiary/aromatic N) is 1. The van der Waals surface area contributed by atoms with Gasteiger partial charge in [0.25, 0.3) is 0 Å². The van der Waals surface area contributed by atoms with E-state index < -0.39 is 0 Å². The van der Waals surface area contributed by atoms with Gasteiger partial charge in [0, 0.05) is 30.9 Å². The molecule has 2 aromatic rings. The fourth-order valence-corrected chi connectivity index (χ4v) is 2.92. The van der Waals surface area contributed by atoms with Crippen LogP contribution in [0.1, 0.15) is 54.6 Å². The second-order valence-electron chi connectivity index (χ2n) is 6.66. The quantitative estimate of drug-likeness (QED) is 0.457. The Kier molecular flexibility index (Phi) is 8.46. The Morgan fingerprint density at radius 1 is 1.21 bits per heavy atom. The Hall–Kier alpha value is -2.89. The third kappa shape index (κ3) is 6.37. The van der Waals surface area contributed by atoms with Crippen LogP contribution in [0.2, 0.25) is 0 Å². The van der Waals surface area contributed by atoms with E-state index in [-0.39, 0.29) is 17.4 Å². The van der Waals surface area contributed by atoms with Crippen LogP contribution in [-0.4, -0.2) is 34.9 Å². The largest absolute Gasteiger partial charge is 0.507 e. The van der Waals surface area contributed by atoms with E-state index in [1.807, 2.05) is 19.1 Å². The van der Waals surface area contributed by atoms with Gasteiger partial charge in [-0.05, 0) is 49.9 Å². The zero-order valence-electron chi connectivity index (χ0n) is 16.5. The van der Waals surface area contributed by atoms with Crippen molar-refractivity contribution < 1.29 is 19.4 Å². The lowest BCUT2D eigenvalue weighted by Gasteiger charge is -2.14. The van der Waals surface area contributed by atoms with Crippen molar-refractivity contribution in [2.45, 2.75) is 46.0 Å². The maximum atomic E-state index is 11.9. The third-order valence-electron chi connectivity index (χ3n) is 4.38. The maximum Gasteiger partial charge on any atom is 0.220 e. The SMILES string of the molecule is CCCc1c(OCCCC(=O)NCCc2cccnc2)ccc(C(C)=O)c1O. The van der Waals surface area contributed by atoms with Crippen LogP contribution in [0.3, 0.4) is 0 Å². The Labute approximate surface area is 166 Å². The van der Waals surface area contributed by atoms with Crippen molar-refractivity contribution in [2.75, 3.05) is 13.2 Å². The monoisotopic (exact) mass is 384 g/mol. The van der Waals surface area contributed by atoms with Crippen LogP contribution in [0.5, 0.6) is 11.5 Å². The number of nitrogens with one attached hydrogen (secondary N) is 1. The molecule has 1 aromatic heterocycles. The predicted molar refractivity (Wildman–Crippen MR) is 108 cm³/mol. The summed E-state index contributed by atoms with van der Waals surface area (Å²) < 4.78 is 5.77. The number of amides is 1. The fourth-order valence-electron chi connectivity index (χ4n) is 2.92. The highest BCUT2D eigenvalue weighted by Crippen LogP contribution is 2.33. The van der Waals surface area contributed by atoms with Crippen LogP contribution < -0.4 is 10.1 Å². The van der Waals surface area contributed by atoms with Gasteiger partial charge in [-0.25, -0.2) is 0 Å². The Morgan fingerprint density at radius 2 is 2.04 bits per heavy atom. The molecule has 0 aliphatic heterocycles. The normalized spacial score (nSPS) is 10.5. The number of benzene rings is 1. The molecule has 0 aliphatic carbocycles. The number of pyridine rings is 1. The lowest BCUT2D eigenvalue weighted by Crippen LogP contribution is -2.25. The van der Waals surface area contributed by atoms with Gasteiger partial charge < -0.3 is 15.2 Å². The Balaban J connectivity index is 1.77. The van der Waals surface area contributed by atoms with E-state index in [2.05, 4.69) is 10.3 Å². The molecule has 6 nitrogen and oxygen atoms in total. The Morgan fingerprint density at radius 3 is 2.71 bits per heavy atom. The van der Waals surface area contributed by atoms with Crippen LogP contribution in [0.4, 0.5) is 0 Å². The number of hydrogen-bond acceptors (Lipinski definition) is 5. The van der Waals surface area contributed by atoms with Gasteiger partial charge in [0.15, 0.2) is 5.78 Å². The topological polar surface area (TPSA) is 88.5 Å². The van der Waals surface area contributed by atoms with E-state index in [1.165, 1.54) is 6.92 Å². The Bertz CT molecular complexity index is 791. The molecule has 2 rings (SSSR count). The molecule has 0 radical (unpaired) electrons. The van der Waals surface area contributed by atoms with Crippen LogP contribution in [0.25, 0.3) is 0 Å². The van der Waals surface area contributed by atoms with Crippen molar-refractivity contribution in [1.82, 2.24) is 10.3 Å². The van der Waals surface area contributed by atoms with E-state index >= 15 is 0 Å². The third-order valence-corrected chi connectivity index (χ3v) is 4.38. The highest BCUT2D eigenvalue weighted by atomic mass is 16.5. The lowest BCUT2D eigenvalue weighted by atomic mass is 10.0. The van der Waals surface area contributed by atoms with Crippen molar-refractivity contribution in [2.24, 2.45) is 0 Å². The summed E-state index contributed by atoms with van der Waals surface area (Å²) in [6, 6.07) is 7.16. The van der Waals surface area contributed by atoms with Crippen molar-refractivity contribution in [3.8, 4) is 11.5 Å². The number of phenols is 1. The minimum absolute atomic E-state index is 0.00000479. The van der Waals surface area contributed by atoms with Gasteiger partial charge in [-0.1, -0.05) is 19.4 Å². The second-order valence-corrected chi connectivity index (χ2v) is 6.66. The van der Waals surface area contributed by atoms with Gasteiger partial charge in [0.2, 0.25) is 5.91 Å². The van der Waals surface area contributed by atoms with E-state index in [4.69, 9.17) is 4.74 Å². The number of aromatic nitrogens is 1. The van der Waals surface area contributed by atoms with Gasteiger partial charge in [0.05, 0.1) is 12.2 Å². The zero-order chi connectivity index (χ0) is 20.4. The smallest absolute Gasteiger partial charge is 0.220 e. The van der Waals surface area contributed by atoms with Crippen molar-refractivity contribution >= 4 is 11.7 Å². The van der Waals surface area contributed by atoms with Gasteiger partial charge >= 0.3 is 0 Å². The highest BCUT2D eigenvalue weighted by Gasteiger charge is 2.15. The molecule has 28 heavy (non-hydrogen) atoms. The molecule has 0 aliphatic rings. The summed E-state index contributed by atoms with van der Waals surface area (Å²) in [4.78, 5) is 27.6. The number of ketones is 1. The van der Waals surface area contributed by atoms with Crippen LogP contribution in [0.15, 0.2) is 36.7 Å². The fraction of sp³-hybridized carbons (Fsp3) is 0.409. The highest BCUT2D eigenvalue weighted by molar-refractivity contribution is 5.97. The minimum atomic E-state index is -0.177. The van der Waals surface area contributed by atoms with Crippen LogP contribution in [-0.2, 0) is 17.6 Å². The maximum absolute atomic E-state index is 11.9. The molecule has 0 bridgehead atoms. The number of carbonyl (C=O) groups excluding carboxylic acids is 2. The molecule has 6 heteroatoms. The molecule has 0 saturated heterocycles. The van der Waals surface area contributed by atoms with Crippen LogP contribution >= 0.6 is 0 Å². The first kappa shape index (κ1) is 21.4. The van der Waals surface area contributed by atoms with Gasteiger partial charge in [0.1, 0.15) is 11.5 Å². The van der Waals surface area contributed by atoms with Crippen molar-refractivity contribution in [1.29, 1.82) is 0 Å². The van der Waals surface area contributed by atoms with E-state index in [0.717, 1.165) is 18.4 Å². The first-order valence-electron chi connectivity index (χ1n) is 9.67. The number of phenolic OH excluding ortho intramolecular Hbond substituents is 1. The summed E-state index contributed by atoms with van der Waals surface area (Å²) >= 11 is 0. The van der Waals surface area contributed by atoms with Crippen LogP contribution in [0, 0.1) is 0 Å². The van der Waals surface area contributed by atoms with Gasteiger partial charge in [-0.3, -0.25) is 14.6 Å². The molecule has 1 amide bonds. The molecule has 0 fully saturated rings. The summed E-state index contributed by atoms with van der Waals surface area (Å²) in [7, 11) is 0. The van der Waals surface area contributed by atoms with Crippen molar-refractivity contribution in [3.05, 3.63) is 53.3 Å². The number of aromatic hydroxyl groups is 1. The molecule has 0 unspecified atom stereocenters. The van der Waals surface area contributed by atoms with Gasteiger partial charge in [-0.15, -0.1) is 0 Å². The number of ether oxygens (including phenoxy) is 1. The molecular formula is C22H28N2O4. The summed E-state index contributed by atoms with van der Waals surface area (Å²) in [5.41, 5.74) is 2.04. The number of rotatable bonds is 11. The molecular weight excluding hydrogens is 356 g/mol. The minimum Gasteiger partial charge on any atom is -0.507 e.